The molecule has 2 aromatic rings. The highest BCUT2D eigenvalue weighted by Crippen LogP contribution is 2.19. The first-order valence-electron chi connectivity index (χ1n) is 6.00. The van der Waals surface area contributed by atoms with Crippen LogP contribution in [0.15, 0.2) is 42.5 Å². The van der Waals surface area contributed by atoms with E-state index in [0.717, 1.165) is 24.4 Å². The summed E-state index contributed by atoms with van der Waals surface area (Å²) in [5.41, 5.74) is 2.56. The number of nitrogens with zero attached hydrogens (tertiary/aromatic N) is 1. The normalized spacial score (nSPS) is 10.8. The molecule has 0 saturated carbocycles. The van der Waals surface area contributed by atoms with Crippen molar-refractivity contribution in [2.24, 2.45) is 0 Å². The Hall–Kier alpha value is -1.94. The minimum atomic E-state index is -0.853. The fourth-order valence-corrected chi connectivity index (χ4v) is 1.80. The van der Waals surface area contributed by atoms with Gasteiger partial charge in [-0.05, 0) is 43.9 Å². The molecule has 0 saturated heterocycles. The van der Waals surface area contributed by atoms with Gasteiger partial charge in [-0.2, -0.15) is 0 Å². The van der Waals surface area contributed by atoms with Crippen LogP contribution in [0.1, 0.15) is 5.56 Å². The molecular formula is C15H16F2N2. The van der Waals surface area contributed by atoms with Crippen LogP contribution in [0.5, 0.6) is 0 Å². The molecule has 100 valence electrons. The summed E-state index contributed by atoms with van der Waals surface area (Å²) in [5, 5.41) is 3.03. The maximum Gasteiger partial charge on any atom is 0.160 e. The molecular weight excluding hydrogens is 246 g/mol. The van der Waals surface area contributed by atoms with E-state index in [1.807, 2.05) is 38.4 Å². The van der Waals surface area contributed by atoms with Gasteiger partial charge in [-0.1, -0.05) is 12.1 Å². The number of anilines is 2. The van der Waals surface area contributed by atoms with Crippen molar-refractivity contribution in [3.8, 4) is 0 Å². The lowest BCUT2D eigenvalue weighted by molar-refractivity contribution is 0.402. The van der Waals surface area contributed by atoms with Crippen LogP contribution in [0.25, 0.3) is 0 Å². The van der Waals surface area contributed by atoms with Gasteiger partial charge in [-0.3, -0.25) is 0 Å². The van der Waals surface area contributed by atoms with Crippen molar-refractivity contribution in [3.63, 3.8) is 0 Å². The van der Waals surface area contributed by atoms with Gasteiger partial charge in [-0.15, -0.1) is 0 Å². The first-order chi connectivity index (χ1) is 9.04. The third-order valence-corrected chi connectivity index (χ3v) is 2.66. The van der Waals surface area contributed by atoms with Gasteiger partial charge in [0, 0.05) is 24.0 Å². The van der Waals surface area contributed by atoms with Gasteiger partial charge in [0.1, 0.15) is 0 Å². The van der Waals surface area contributed by atoms with Crippen molar-refractivity contribution in [1.82, 2.24) is 4.90 Å². The number of hydrogen-bond donors (Lipinski definition) is 1. The molecule has 0 aromatic heterocycles. The van der Waals surface area contributed by atoms with Crippen LogP contribution in [0, 0.1) is 11.6 Å². The summed E-state index contributed by atoms with van der Waals surface area (Å²) in [5.74, 6) is -1.69. The number of rotatable bonds is 4. The lowest BCUT2D eigenvalue weighted by atomic mass is 10.2. The summed E-state index contributed by atoms with van der Waals surface area (Å²) in [6, 6.07) is 11.6. The SMILES string of the molecule is CN(C)Cc1ccc(Nc2ccc(F)c(F)c2)cc1. The second-order valence-electron chi connectivity index (χ2n) is 4.69. The minimum Gasteiger partial charge on any atom is -0.355 e. The van der Waals surface area contributed by atoms with Crippen LogP contribution >= 0.6 is 0 Å². The van der Waals surface area contributed by atoms with Crippen LogP contribution < -0.4 is 5.32 Å². The van der Waals surface area contributed by atoms with E-state index in [-0.39, 0.29) is 0 Å². The van der Waals surface area contributed by atoms with E-state index in [1.165, 1.54) is 11.6 Å². The second-order valence-corrected chi connectivity index (χ2v) is 4.69. The Morgan fingerprint density at radius 1 is 0.895 bits per heavy atom. The summed E-state index contributed by atoms with van der Waals surface area (Å²) in [6.45, 7) is 0.867. The highest BCUT2D eigenvalue weighted by atomic mass is 19.2. The topological polar surface area (TPSA) is 15.3 Å². The Morgan fingerprint density at radius 3 is 2.11 bits per heavy atom. The average Bonchev–Trinajstić information content (AvgIpc) is 2.36. The Kier molecular flexibility index (Phi) is 4.12. The van der Waals surface area contributed by atoms with Gasteiger partial charge >= 0.3 is 0 Å². The molecule has 0 heterocycles. The Balaban J connectivity index is 2.08. The van der Waals surface area contributed by atoms with E-state index < -0.39 is 11.6 Å². The van der Waals surface area contributed by atoms with Gasteiger partial charge in [0.2, 0.25) is 0 Å². The van der Waals surface area contributed by atoms with Crippen LogP contribution in [-0.4, -0.2) is 19.0 Å². The molecule has 0 aliphatic heterocycles. The predicted octanol–water partition coefficient (Wildman–Crippen LogP) is 3.77. The smallest absolute Gasteiger partial charge is 0.160 e. The fourth-order valence-electron chi connectivity index (χ4n) is 1.80. The Bertz CT molecular complexity index is 551. The molecule has 2 aromatic carbocycles. The van der Waals surface area contributed by atoms with Crippen LogP contribution in [0.3, 0.4) is 0 Å². The third-order valence-electron chi connectivity index (χ3n) is 2.66. The number of benzene rings is 2. The Morgan fingerprint density at radius 2 is 1.53 bits per heavy atom. The van der Waals surface area contributed by atoms with E-state index in [1.54, 1.807) is 0 Å². The molecule has 2 rings (SSSR count). The van der Waals surface area contributed by atoms with Gasteiger partial charge in [-0.25, -0.2) is 8.78 Å². The van der Waals surface area contributed by atoms with Crippen molar-refractivity contribution in [2.75, 3.05) is 19.4 Å². The van der Waals surface area contributed by atoms with Crippen LogP contribution in [-0.2, 0) is 6.54 Å². The van der Waals surface area contributed by atoms with Crippen LogP contribution in [0.2, 0.25) is 0 Å². The number of hydrogen-bond acceptors (Lipinski definition) is 2. The van der Waals surface area contributed by atoms with E-state index in [0.29, 0.717) is 5.69 Å². The van der Waals surface area contributed by atoms with Crippen molar-refractivity contribution in [3.05, 3.63) is 59.7 Å². The molecule has 2 nitrogen and oxygen atoms in total. The molecule has 0 aliphatic carbocycles. The van der Waals surface area contributed by atoms with Gasteiger partial charge in [0.05, 0.1) is 0 Å². The molecule has 0 radical (unpaired) electrons. The molecule has 0 bridgehead atoms. The zero-order chi connectivity index (χ0) is 13.8. The average molecular weight is 262 g/mol. The van der Waals surface area contributed by atoms with Crippen molar-refractivity contribution < 1.29 is 8.78 Å². The maximum atomic E-state index is 13.1. The Labute approximate surface area is 111 Å². The summed E-state index contributed by atoms with van der Waals surface area (Å²) in [6.07, 6.45) is 0. The molecule has 0 fully saturated rings. The third kappa shape index (κ3) is 3.76. The maximum absolute atomic E-state index is 13.1. The lowest BCUT2D eigenvalue weighted by Gasteiger charge is -2.11. The highest BCUT2D eigenvalue weighted by molar-refractivity contribution is 5.59. The van der Waals surface area contributed by atoms with E-state index in [4.69, 9.17) is 0 Å². The zero-order valence-corrected chi connectivity index (χ0v) is 11.0. The highest BCUT2D eigenvalue weighted by Gasteiger charge is 2.03. The molecule has 0 spiro atoms. The summed E-state index contributed by atoms with van der Waals surface area (Å²) in [7, 11) is 4.01. The molecule has 4 heteroatoms. The molecule has 19 heavy (non-hydrogen) atoms. The number of nitrogens with one attached hydrogen (secondary N) is 1. The lowest BCUT2D eigenvalue weighted by Crippen LogP contribution is -2.10. The molecule has 0 aliphatic rings. The van der Waals surface area contributed by atoms with Crippen molar-refractivity contribution in [1.29, 1.82) is 0 Å². The first-order valence-corrected chi connectivity index (χ1v) is 6.00. The van der Waals surface area contributed by atoms with E-state index in [2.05, 4.69) is 10.2 Å². The summed E-state index contributed by atoms with van der Waals surface area (Å²) < 4.78 is 25.9. The summed E-state index contributed by atoms with van der Waals surface area (Å²) in [4.78, 5) is 2.08. The monoisotopic (exact) mass is 262 g/mol. The molecule has 0 unspecified atom stereocenters. The van der Waals surface area contributed by atoms with E-state index >= 15 is 0 Å². The molecule has 1 N–H and O–H groups in total. The minimum absolute atomic E-state index is 0.527. The van der Waals surface area contributed by atoms with Gasteiger partial charge < -0.3 is 10.2 Å². The quantitative estimate of drug-likeness (QED) is 0.902. The summed E-state index contributed by atoms with van der Waals surface area (Å²) >= 11 is 0. The van der Waals surface area contributed by atoms with Crippen molar-refractivity contribution in [2.45, 2.75) is 6.54 Å². The van der Waals surface area contributed by atoms with Gasteiger partial charge in [0.25, 0.3) is 0 Å². The first kappa shape index (κ1) is 13.5. The molecule has 0 amide bonds. The molecule has 0 atom stereocenters. The van der Waals surface area contributed by atoms with E-state index in [9.17, 15) is 8.78 Å². The van der Waals surface area contributed by atoms with Gasteiger partial charge in [0.15, 0.2) is 11.6 Å². The van der Waals surface area contributed by atoms with Crippen molar-refractivity contribution >= 4 is 11.4 Å². The standard InChI is InChI=1S/C15H16F2N2/c1-19(2)10-11-3-5-12(6-4-11)18-13-7-8-14(16)15(17)9-13/h3-9,18H,10H2,1-2H3. The fraction of sp³-hybridized carbons (Fsp3) is 0.200. The zero-order valence-electron chi connectivity index (χ0n) is 11.0. The largest absolute Gasteiger partial charge is 0.355 e. The number of halogens is 2. The predicted molar refractivity (Wildman–Crippen MR) is 73.5 cm³/mol. The van der Waals surface area contributed by atoms with Crippen LogP contribution in [0.4, 0.5) is 20.2 Å². The second kappa shape index (κ2) is 5.80.